The summed E-state index contributed by atoms with van der Waals surface area (Å²) in [6, 6.07) is 0. The van der Waals surface area contributed by atoms with E-state index >= 15 is 0 Å². The maximum absolute atomic E-state index is 11.7. The number of aryl methyl sites for hydroxylation is 1. The monoisotopic (exact) mass is 266 g/mol. The Morgan fingerprint density at radius 1 is 1.56 bits per heavy atom. The molecule has 0 aliphatic carbocycles. The van der Waals surface area contributed by atoms with Crippen LogP contribution in [-0.4, -0.2) is 27.1 Å². The predicted molar refractivity (Wildman–Crippen MR) is 69.0 cm³/mol. The van der Waals surface area contributed by atoms with E-state index in [1.54, 1.807) is 17.7 Å². The molecule has 6 nitrogen and oxygen atoms in total. The van der Waals surface area contributed by atoms with Gasteiger partial charge in [-0.2, -0.15) is 0 Å². The largest absolute Gasteiger partial charge is 0.461 e. The van der Waals surface area contributed by atoms with Crippen molar-refractivity contribution in [3.8, 4) is 5.13 Å². The highest BCUT2D eigenvalue weighted by Gasteiger charge is 2.22. The second kappa shape index (κ2) is 5.18. The molecule has 0 saturated carbocycles. The molecule has 0 aliphatic heterocycles. The molecule has 7 heteroatoms. The van der Waals surface area contributed by atoms with E-state index in [-0.39, 0.29) is 11.5 Å². The molecule has 96 valence electrons. The number of ether oxygens (including phenoxy) is 1. The van der Waals surface area contributed by atoms with Crippen molar-refractivity contribution in [2.24, 2.45) is 0 Å². The van der Waals surface area contributed by atoms with Crippen LogP contribution in [0, 0.1) is 0 Å². The van der Waals surface area contributed by atoms with Gasteiger partial charge in [0.05, 0.1) is 6.61 Å². The number of aromatic nitrogens is 3. The summed E-state index contributed by atoms with van der Waals surface area (Å²) in [6.07, 6.45) is 2.34. The predicted octanol–water partition coefficient (Wildman–Crippen LogP) is 1.65. The van der Waals surface area contributed by atoms with Gasteiger partial charge in [0, 0.05) is 18.0 Å². The number of hydrogen-bond donors (Lipinski definition) is 1. The SMILES string of the molecule is CCOC(=O)c1nc(CC)n(-c2nccs2)c1N. The molecule has 2 aromatic rings. The summed E-state index contributed by atoms with van der Waals surface area (Å²) >= 11 is 1.44. The number of thiazole rings is 1. The zero-order valence-corrected chi connectivity index (χ0v) is 11.0. The molecule has 2 N–H and O–H groups in total. The van der Waals surface area contributed by atoms with Crippen molar-refractivity contribution >= 4 is 23.1 Å². The number of nitrogen functional groups attached to an aromatic ring is 1. The molecule has 2 heterocycles. The lowest BCUT2D eigenvalue weighted by molar-refractivity contribution is 0.0521. The molecule has 0 atom stereocenters. The molecule has 0 aliphatic rings. The molecule has 2 aromatic heterocycles. The van der Waals surface area contributed by atoms with E-state index in [4.69, 9.17) is 10.5 Å². The molecular weight excluding hydrogens is 252 g/mol. The summed E-state index contributed by atoms with van der Waals surface area (Å²) in [4.78, 5) is 20.1. The number of esters is 1. The Bertz CT molecular complexity index is 548. The van der Waals surface area contributed by atoms with Gasteiger partial charge in [0.25, 0.3) is 0 Å². The Labute approximate surface area is 108 Å². The van der Waals surface area contributed by atoms with Crippen LogP contribution in [0.15, 0.2) is 11.6 Å². The zero-order chi connectivity index (χ0) is 13.1. The third kappa shape index (κ3) is 2.08. The van der Waals surface area contributed by atoms with E-state index < -0.39 is 5.97 Å². The van der Waals surface area contributed by atoms with Gasteiger partial charge in [0.2, 0.25) is 0 Å². The molecule has 18 heavy (non-hydrogen) atoms. The summed E-state index contributed by atoms with van der Waals surface area (Å²) in [5.74, 6) is 0.478. The van der Waals surface area contributed by atoms with E-state index in [1.807, 2.05) is 12.3 Å². The number of rotatable bonds is 4. The Morgan fingerprint density at radius 3 is 2.89 bits per heavy atom. The van der Waals surface area contributed by atoms with Crippen molar-refractivity contribution in [2.45, 2.75) is 20.3 Å². The van der Waals surface area contributed by atoms with Crippen LogP contribution in [-0.2, 0) is 11.2 Å². The second-order valence-corrected chi connectivity index (χ2v) is 4.36. The van der Waals surface area contributed by atoms with Crippen molar-refractivity contribution in [1.82, 2.24) is 14.5 Å². The van der Waals surface area contributed by atoms with Gasteiger partial charge in [-0.3, -0.25) is 4.57 Å². The van der Waals surface area contributed by atoms with Gasteiger partial charge in [0.1, 0.15) is 11.6 Å². The summed E-state index contributed by atoms with van der Waals surface area (Å²) < 4.78 is 6.62. The number of carbonyl (C=O) groups excluding carboxylic acids is 1. The Kier molecular flexibility index (Phi) is 3.61. The van der Waals surface area contributed by atoms with Crippen LogP contribution in [0.3, 0.4) is 0 Å². The number of nitrogens with two attached hydrogens (primary N) is 1. The van der Waals surface area contributed by atoms with Gasteiger partial charge < -0.3 is 10.5 Å². The molecule has 0 saturated heterocycles. The minimum absolute atomic E-state index is 0.156. The van der Waals surface area contributed by atoms with Crippen molar-refractivity contribution in [1.29, 1.82) is 0 Å². The summed E-state index contributed by atoms with van der Waals surface area (Å²) in [5.41, 5.74) is 6.12. The van der Waals surface area contributed by atoms with Gasteiger partial charge in [0.15, 0.2) is 10.8 Å². The fourth-order valence-electron chi connectivity index (χ4n) is 1.61. The van der Waals surface area contributed by atoms with Gasteiger partial charge >= 0.3 is 5.97 Å². The lowest BCUT2D eigenvalue weighted by Crippen LogP contribution is -2.09. The summed E-state index contributed by atoms with van der Waals surface area (Å²) in [5, 5.41) is 2.55. The van der Waals surface area contributed by atoms with Crippen molar-refractivity contribution in [3.05, 3.63) is 23.1 Å². The van der Waals surface area contributed by atoms with E-state index in [1.165, 1.54) is 11.3 Å². The number of carbonyl (C=O) groups is 1. The first-order chi connectivity index (χ1) is 8.69. The number of anilines is 1. The molecular formula is C11H14N4O2S. The fraction of sp³-hybridized carbons (Fsp3) is 0.364. The number of nitrogens with zero attached hydrogens (tertiary/aromatic N) is 3. The van der Waals surface area contributed by atoms with Crippen LogP contribution in [0.5, 0.6) is 0 Å². The Balaban J connectivity index is 2.50. The molecule has 0 unspecified atom stereocenters. The smallest absolute Gasteiger partial charge is 0.360 e. The van der Waals surface area contributed by atoms with Crippen LogP contribution in [0.25, 0.3) is 5.13 Å². The number of hydrogen-bond acceptors (Lipinski definition) is 6. The molecule has 0 spiro atoms. The van der Waals surface area contributed by atoms with E-state index in [0.29, 0.717) is 24.0 Å². The number of imidazole rings is 1. The highest BCUT2D eigenvalue weighted by atomic mass is 32.1. The first kappa shape index (κ1) is 12.6. The fourth-order valence-corrected chi connectivity index (χ4v) is 2.28. The van der Waals surface area contributed by atoms with E-state index in [9.17, 15) is 4.79 Å². The maximum Gasteiger partial charge on any atom is 0.360 e. The van der Waals surface area contributed by atoms with Crippen LogP contribution < -0.4 is 5.73 Å². The van der Waals surface area contributed by atoms with Gasteiger partial charge in [-0.1, -0.05) is 6.92 Å². The average molecular weight is 266 g/mol. The standard InChI is InChI=1S/C11H14N4O2S/c1-3-7-14-8(10(16)17-4-2)9(12)15(7)11-13-5-6-18-11/h5-6H,3-4,12H2,1-2H3. The summed E-state index contributed by atoms with van der Waals surface area (Å²) in [6.45, 7) is 3.98. The molecule has 0 radical (unpaired) electrons. The van der Waals surface area contributed by atoms with Gasteiger partial charge in [-0.05, 0) is 6.92 Å². The molecule has 2 rings (SSSR count). The van der Waals surface area contributed by atoms with Crippen LogP contribution in [0.4, 0.5) is 5.82 Å². The molecule has 0 amide bonds. The molecule has 0 fully saturated rings. The summed E-state index contributed by atoms with van der Waals surface area (Å²) in [7, 11) is 0. The first-order valence-electron chi connectivity index (χ1n) is 5.63. The van der Waals surface area contributed by atoms with Gasteiger partial charge in [-0.25, -0.2) is 14.8 Å². The minimum Gasteiger partial charge on any atom is -0.461 e. The van der Waals surface area contributed by atoms with Gasteiger partial charge in [-0.15, -0.1) is 11.3 Å². The Hall–Kier alpha value is -1.89. The average Bonchev–Trinajstić information content (AvgIpc) is 2.96. The maximum atomic E-state index is 11.7. The minimum atomic E-state index is -0.500. The van der Waals surface area contributed by atoms with Crippen molar-refractivity contribution in [3.63, 3.8) is 0 Å². The topological polar surface area (TPSA) is 83.0 Å². The third-order valence-corrected chi connectivity index (χ3v) is 3.13. The van der Waals surface area contributed by atoms with Crippen molar-refractivity contribution in [2.75, 3.05) is 12.3 Å². The normalized spacial score (nSPS) is 10.6. The van der Waals surface area contributed by atoms with E-state index in [2.05, 4.69) is 9.97 Å². The Morgan fingerprint density at radius 2 is 2.33 bits per heavy atom. The van der Waals surface area contributed by atoms with Crippen molar-refractivity contribution < 1.29 is 9.53 Å². The third-order valence-electron chi connectivity index (χ3n) is 2.38. The lowest BCUT2D eigenvalue weighted by Gasteiger charge is -2.04. The second-order valence-electron chi connectivity index (χ2n) is 3.49. The highest BCUT2D eigenvalue weighted by molar-refractivity contribution is 7.12. The quantitative estimate of drug-likeness (QED) is 0.851. The van der Waals surface area contributed by atoms with Crippen LogP contribution in [0.1, 0.15) is 30.2 Å². The van der Waals surface area contributed by atoms with E-state index in [0.717, 1.165) is 0 Å². The van der Waals surface area contributed by atoms with Crippen LogP contribution in [0.2, 0.25) is 0 Å². The first-order valence-corrected chi connectivity index (χ1v) is 6.51. The highest BCUT2D eigenvalue weighted by Crippen LogP contribution is 2.23. The zero-order valence-electron chi connectivity index (χ0n) is 10.2. The lowest BCUT2D eigenvalue weighted by atomic mass is 10.4. The molecule has 0 bridgehead atoms. The van der Waals surface area contributed by atoms with Crippen LogP contribution >= 0.6 is 11.3 Å². The molecule has 0 aromatic carbocycles.